The van der Waals surface area contributed by atoms with Crippen molar-refractivity contribution in [2.75, 3.05) is 19.6 Å². The molecule has 3 aromatic heterocycles. The normalized spacial score (nSPS) is 15.5. The van der Waals surface area contributed by atoms with Gasteiger partial charge in [0.05, 0.1) is 18.3 Å². The van der Waals surface area contributed by atoms with E-state index < -0.39 is 0 Å². The molecule has 1 aliphatic heterocycles. The molecule has 1 atom stereocenters. The predicted octanol–water partition coefficient (Wildman–Crippen LogP) is 6.20. The topological polar surface area (TPSA) is 67.1 Å². The molecule has 0 saturated carbocycles. The summed E-state index contributed by atoms with van der Waals surface area (Å²) in [7, 11) is 0. The zero-order valence-electron chi connectivity index (χ0n) is 22.3. The van der Waals surface area contributed by atoms with Gasteiger partial charge in [0.25, 0.3) is 0 Å². The lowest BCUT2D eigenvalue weighted by Gasteiger charge is -2.33. The third-order valence-corrected chi connectivity index (χ3v) is 7.90. The smallest absolute Gasteiger partial charge is 0.182 e. The summed E-state index contributed by atoms with van der Waals surface area (Å²) in [6.07, 6.45) is 7.19. The number of hydrogen-bond acceptors (Lipinski definition) is 5. The van der Waals surface area contributed by atoms with E-state index in [1.165, 1.54) is 24.3 Å². The molecule has 6 rings (SSSR count). The molecule has 40 heavy (non-hydrogen) atoms. The summed E-state index contributed by atoms with van der Waals surface area (Å²) < 4.78 is 29.8. The van der Waals surface area contributed by atoms with Crippen molar-refractivity contribution in [2.24, 2.45) is 5.92 Å². The first-order chi connectivity index (χ1) is 19.5. The van der Waals surface area contributed by atoms with E-state index in [4.69, 9.17) is 10.1 Å². The standard InChI is InChI=1S/C32H31F2N5O/c1-21(40)22-12-16-38(17-13-22)18-19-39-20-28-29(23-2-6-26(33)7-3-23)30(24-10-14-35-15-11-24)31(36-32(28)37-39)25-4-8-27(34)9-5-25/h2-11,14-15,20-22,40H,12-13,16-19H2,1H3. The number of aliphatic hydroxyl groups is 1. The molecule has 1 aliphatic rings. The monoisotopic (exact) mass is 539 g/mol. The average molecular weight is 540 g/mol. The van der Waals surface area contributed by atoms with Crippen LogP contribution in [0.4, 0.5) is 8.78 Å². The van der Waals surface area contributed by atoms with Crippen molar-refractivity contribution in [1.82, 2.24) is 24.6 Å². The van der Waals surface area contributed by atoms with Crippen molar-refractivity contribution >= 4 is 11.0 Å². The second-order valence-electron chi connectivity index (χ2n) is 10.5. The number of benzene rings is 2. The maximum Gasteiger partial charge on any atom is 0.182 e. The number of hydrogen-bond donors (Lipinski definition) is 1. The van der Waals surface area contributed by atoms with Crippen LogP contribution in [0.25, 0.3) is 44.5 Å². The van der Waals surface area contributed by atoms with E-state index in [2.05, 4.69) is 9.88 Å². The van der Waals surface area contributed by atoms with Crippen LogP contribution in [0.1, 0.15) is 19.8 Å². The van der Waals surface area contributed by atoms with Gasteiger partial charge >= 0.3 is 0 Å². The van der Waals surface area contributed by atoms with Crippen molar-refractivity contribution in [2.45, 2.75) is 32.4 Å². The lowest BCUT2D eigenvalue weighted by Crippen LogP contribution is -2.38. The van der Waals surface area contributed by atoms with Gasteiger partial charge in [0.1, 0.15) is 11.6 Å². The molecule has 1 fully saturated rings. The molecule has 4 heterocycles. The van der Waals surface area contributed by atoms with Gasteiger partial charge in [-0.1, -0.05) is 12.1 Å². The Morgan fingerprint density at radius 2 is 1.43 bits per heavy atom. The van der Waals surface area contributed by atoms with Crippen molar-refractivity contribution in [1.29, 1.82) is 0 Å². The third kappa shape index (κ3) is 5.37. The molecule has 6 nitrogen and oxygen atoms in total. The SMILES string of the molecule is CC(O)C1CCN(CCn2cc3c(-c4ccc(F)cc4)c(-c4ccncc4)c(-c4ccc(F)cc4)nc3n2)CC1. The quantitative estimate of drug-likeness (QED) is 0.267. The maximum atomic E-state index is 14.0. The lowest BCUT2D eigenvalue weighted by molar-refractivity contribution is 0.0705. The minimum Gasteiger partial charge on any atom is -0.393 e. The van der Waals surface area contributed by atoms with Crippen LogP contribution in [0, 0.1) is 17.6 Å². The van der Waals surface area contributed by atoms with Gasteiger partial charge in [-0.3, -0.25) is 9.67 Å². The van der Waals surface area contributed by atoms with Gasteiger partial charge < -0.3 is 10.0 Å². The Balaban J connectivity index is 1.46. The van der Waals surface area contributed by atoms with Gasteiger partial charge in [0.2, 0.25) is 0 Å². The van der Waals surface area contributed by atoms with Crippen molar-refractivity contribution in [3.05, 3.63) is 90.9 Å². The van der Waals surface area contributed by atoms with Crippen molar-refractivity contribution in [3.63, 3.8) is 0 Å². The molecule has 0 bridgehead atoms. The molecule has 1 N–H and O–H groups in total. The van der Waals surface area contributed by atoms with Crippen LogP contribution in [0.3, 0.4) is 0 Å². The molecule has 0 radical (unpaired) electrons. The molecular formula is C32H31F2N5O. The number of likely N-dealkylation sites (tertiary alicyclic amines) is 1. The molecule has 1 saturated heterocycles. The number of fused-ring (bicyclic) bond motifs is 1. The van der Waals surface area contributed by atoms with E-state index in [0.717, 1.165) is 65.7 Å². The Morgan fingerprint density at radius 1 is 0.825 bits per heavy atom. The number of piperidine rings is 1. The van der Waals surface area contributed by atoms with Gasteiger partial charge in [-0.25, -0.2) is 13.8 Å². The van der Waals surface area contributed by atoms with Gasteiger partial charge in [-0.05, 0) is 98.4 Å². The van der Waals surface area contributed by atoms with Gasteiger partial charge in [0, 0.05) is 47.2 Å². The maximum absolute atomic E-state index is 14.0. The van der Waals surface area contributed by atoms with Crippen LogP contribution < -0.4 is 0 Å². The summed E-state index contributed by atoms with van der Waals surface area (Å²) in [6, 6.07) is 16.6. The summed E-state index contributed by atoms with van der Waals surface area (Å²) in [5.41, 5.74) is 5.48. The molecule has 2 aromatic carbocycles. The first-order valence-electron chi connectivity index (χ1n) is 13.7. The van der Waals surface area contributed by atoms with E-state index in [-0.39, 0.29) is 17.7 Å². The first kappa shape index (κ1) is 26.2. The highest BCUT2D eigenvalue weighted by Gasteiger charge is 2.24. The van der Waals surface area contributed by atoms with Crippen molar-refractivity contribution in [3.8, 4) is 33.5 Å². The van der Waals surface area contributed by atoms with Gasteiger partial charge in [0.15, 0.2) is 5.65 Å². The van der Waals surface area contributed by atoms with Crippen LogP contribution in [0.15, 0.2) is 79.3 Å². The highest BCUT2D eigenvalue weighted by molar-refractivity contribution is 6.05. The van der Waals surface area contributed by atoms with E-state index in [1.807, 2.05) is 29.9 Å². The molecular weight excluding hydrogens is 508 g/mol. The van der Waals surface area contributed by atoms with Gasteiger partial charge in [-0.15, -0.1) is 0 Å². The summed E-state index contributed by atoms with van der Waals surface area (Å²) in [6.45, 7) is 5.32. The average Bonchev–Trinajstić information content (AvgIpc) is 3.39. The van der Waals surface area contributed by atoms with Crippen LogP contribution in [-0.2, 0) is 6.54 Å². The Labute approximate surface area is 231 Å². The number of pyridine rings is 2. The Hall–Kier alpha value is -4.01. The highest BCUT2D eigenvalue weighted by Crippen LogP contribution is 2.43. The lowest BCUT2D eigenvalue weighted by atomic mass is 9.90. The van der Waals surface area contributed by atoms with E-state index in [9.17, 15) is 13.9 Å². The Bertz CT molecular complexity index is 1590. The molecule has 204 valence electrons. The van der Waals surface area contributed by atoms with Crippen LogP contribution in [0.2, 0.25) is 0 Å². The summed E-state index contributed by atoms with van der Waals surface area (Å²) >= 11 is 0. The van der Waals surface area contributed by atoms with E-state index in [0.29, 0.717) is 23.8 Å². The number of aliphatic hydroxyl groups excluding tert-OH is 1. The van der Waals surface area contributed by atoms with Crippen LogP contribution in [0.5, 0.6) is 0 Å². The second kappa shape index (κ2) is 11.2. The molecule has 8 heteroatoms. The van der Waals surface area contributed by atoms with E-state index in [1.54, 1.807) is 36.7 Å². The van der Waals surface area contributed by atoms with Gasteiger partial charge in [-0.2, -0.15) is 5.10 Å². The minimum absolute atomic E-state index is 0.264. The zero-order valence-corrected chi connectivity index (χ0v) is 22.3. The molecule has 5 aromatic rings. The minimum atomic E-state index is -0.323. The largest absolute Gasteiger partial charge is 0.393 e. The molecule has 0 amide bonds. The third-order valence-electron chi connectivity index (χ3n) is 7.90. The number of halogens is 2. The fraction of sp³-hybridized carbons (Fsp3) is 0.281. The van der Waals surface area contributed by atoms with E-state index >= 15 is 0 Å². The van der Waals surface area contributed by atoms with Crippen molar-refractivity contribution < 1.29 is 13.9 Å². The van der Waals surface area contributed by atoms with Crippen LogP contribution >= 0.6 is 0 Å². The Kier molecular flexibility index (Phi) is 7.36. The second-order valence-corrected chi connectivity index (χ2v) is 10.5. The fourth-order valence-corrected chi connectivity index (χ4v) is 5.64. The summed E-state index contributed by atoms with van der Waals surface area (Å²) in [4.78, 5) is 11.6. The number of rotatable bonds is 7. The molecule has 1 unspecified atom stereocenters. The zero-order chi connectivity index (χ0) is 27.6. The summed E-state index contributed by atoms with van der Waals surface area (Å²) in [5.74, 6) is -0.272. The summed E-state index contributed by atoms with van der Waals surface area (Å²) in [5, 5.41) is 15.6. The molecule has 0 spiro atoms. The predicted molar refractivity (Wildman–Crippen MR) is 152 cm³/mol. The first-order valence-corrected chi connectivity index (χ1v) is 13.7. The number of aromatic nitrogens is 4. The Morgan fingerprint density at radius 3 is 2.05 bits per heavy atom. The number of nitrogens with zero attached hydrogens (tertiary/aromatic N) is 5. The fourth-order valence-electron chi connectivity index (χ4n) is 5.64. The molecule has 0 aliphatic carbocycles. The highest BCUT2D eigenvalue weighted by atomic mass is 19.1. The van der Waals surface area contributed by atoms with Crippen LogP contribution in [-0.4, -0.2) is 55.5 Å².